The van der Waals surface area contributed by atoms with Gasteiger partial charge in [0.1, 0.15) is 5.82 Å². The van der Waals surface area contributed by atoms with E-state index in [2.05, 4.69) is 16.0 Å². The fourth-order valence-electron chi connectivity index (χ4n) is 2.18. The second-order valence-electron chi connectivity index (χ2n) is 4.37. The lowest BCUT2D eigenvalue weighted by molar-refractivity contribution is 0.726. The molecule has 1 aliphatic heterocycles. The molecular weight excluding hydrogens is 198 g/mol. The van der Waals surface area contributed by atoms with Crippen molar-refractivity contribution in [2.24, 2.45) is 0 Å². The van der Waals surface area contributed by atoms with E-state index in [1.807, 2.05) is 19.1 Å². The SMILES string of the molecule is Cc1cc(C#N)cc(N2CCCCCC2)n1. The van der Waals surface area contributed by atoms with Crippen LogP contribution in [0.5, 0.6) is 0 Å². The molecule has 1 aliphatic rings. The first-order chi connectivity index (χ1) is 7.79. The summed E-state index contributed by atoms with van der Waals surface area (Å²) in [5.41, 5.74) is 1.64. The van der Waals surface area contributed by atoms with Crippen LogP contribution in [0.1, 0.15) is 36.9 Å². The normalized spacial score (nSPS) is 16.6. The van der Waals surface area contributed by atoms with Gasteiger partial charge in [0, 0.05) is 18.8 Å². The van der Waals surface area contributed by atoms with Crippen molar-refractivity contribution in [2.45, 2.75) is 32.6 Å². The average molecular weight is 215 g/mol. The molecule has 16 heavy (non-hydrogen) atoms. The van der Waals surface area contributed by atoms with Crippen molar-refractivity contribution in [2.75, 3.05) is 18.0 Å². The Labute approximate surface area is 96.7 Å². The number of hydrogen-bond acceptors (Lipinski definition) is 3. The quantitative estimate of drug-likeness (QED) is 0.723. The largest absolute Gasteiger partial charge is 0.357 e. The van der Waals surface area contributed by atoms with E-state index in [1.54, 1.807) is 0 Å². The monoisotopic (exact) mass is 215 g/mol. The van der Waals surface area contributed by atoms with Gasteiger partial charge in [-0.25, -0.2) is 4.98 Å². The van der Waals surface area contributed by atoms with Crippen molar-refractivity contribution in [1.29, 1.82) is 5.26 Å². The molecule has 0 N–H and O–H groups in total. The van der Waals surface area contributed by atoms with Crippen LogP contribution in [0.15, 0.2) is 12.1 Å². The van der Waals surface area contributed by atoms with Gasteiger partial charge in [0.25, 0.3) is 0 Å². The molecule has 84 valence electrons. The fourth-order valence-corrected chi connectivity index (χ4v) is 2.18. The van der Waals surface area contributed by atoms with Crippen molar-refractivity contribution in [3.05, 3.63) is 23.4 Å². The van der Waals surface area contributed by atoms with Crippen LogP contribution in [0.25, 0.3) is 0 Å². The topological polar surface area (TPSA) is 39.9 Å². The van der Waals surface area contributed by atoms with Crippen LogP contribution in [-0.4, -0.2) is 18.1 Å². The Balaban J connectivity index is 2.24. The molecule has 2 rings (SSSR count). The molecule has 0 aliphatic carbocycles. The minimum atomic E-state index is 0.715. The molecule has 1 aromatic heterocycles. The van der Waals surface area contributed by atoms with Crippen LogP contribution in [0.3, 0.4) is 0 Å². The molecule has 1 fully saturated rings. The highest BCUT2D eigenvalue weighted by Crippen LogP contribution is 2.19. The molecular formula is C13H17N3. The molecule has 0 amide bonds. The third-order valence-electron chi connectivity index (χ3n) is 3.00. The lowest BCUT2D eigenvalue weighted by Gasteiger charge is -2.21. The van der Waals surface area contributed by atoms with Gasteiger partial charge in [0.2, 0.25) is 0 Å². The zero-order chi connectivity index (χ0) is 11.4. The summed E-state index contributed by atoms with van der Waals surface area (Å²) in [4.78, 5) is 6.83. The van der Waals surface area contributed by atoms with E-state index in [1.165, 1.54) is 25.7 Å². The Bertz CT molecular complexity index is 398. The van der Waals surface area contributed by atoms with Crippen molar-refractivity contribution in [1.82, 2.24) is 4.98 Å². The Morgan fingerprint density at radius 2 is 1.88 bits per heavy atom. The molecule has 0 radical (unpaired) electrons. The number of hydrogen-bond donors (Lipinski definition) is 0. The summed E-state index contributed by atoms with van der Waals surface area (Å²) in [7, 11) is 0. The van der Waals surface area contributed by atoms with Crippen molar-refractivity contribution in [3.8, 4) is 6.07 Å². The maximum atomic E-state index is 8.94. The Kier molecular flexibility index (Phi) is 3.40. The predicted molar refractivity (Wildman–Crippen MR) is 64.4 cm³/mol. The first-order valence-corrected chi connectivity index (χ1v) is 5.93. The van der Waals surface area contributed by atoms with Crippen LogP contribution in [0.4, 0.5) is 5.82 Å². The Morgan fingerprint density at radius 1 is 1.19 bits per heavy atom. The standard InChI is InChI=1S/C13H17N3/c1-11-8-12(10-14)9-13(15-11)16-6-4-2-3-5-7-16/h8-9H,2-7H2,1H3. The van der Waals surface area contributed by atoms with Gasteiger partial charge in [0.15, 0.2) is 0 Å². The van der Waals surface area contributed by atoms with E-state index in [9.17, 15) is 0 Å². The van der Waals surface area contributed by atoms with Crippen molar-refractivity contribution >= 4 is 5.82 Å². The number of aryl methyl sites for hydroxylation is 1. The lowest BCUT2D eigenvalue weighted by atomic mass is 10.2. The maximum Gasteiger partial charge on any atom is 0.130 e. The third kappa shape index (κ3) is 2.52. The molecule has 2 heterocycles. The molecule has 1 aromatic rings. The van der Waals surface area contributed by atoms with E-state index < -0.39 is 0 Å². The van der Waals surface area contributed by atoms with Crippen molar-refractivity contribution < 1.29 is 0 Å². The van der Waals surface area contributed by atoms with Crippen LogP contribution in [-0.2, 0) is 0 Å². The van der Waals surface area contributed by atoms with Gasteiger partial charge in [-0.2, -0.15) is 5.26 Å². The van der Waals surface area contributed by atoms with Crippen LogP contribution in [0.2, 0.25) is 0 Å². The first-order valence-electron chi connectivity index (χ1n) is 5.93. The van der Waals surface area contributed by atoms with Crippen molar-refractivity contribution in [3.63, 3.8) is 0 Å². The van der Waals surface area contributed by atoms with Gasteiger partial charge in [-0.15, -0.1) is 0 Å². The molecule has 3 heteroatoms. The number of pyridine rings is 1. The molecule has 0 aromatic carbocycles. The molecule has 0 bridgehead atoms. The second-order valence-corrected chi connectivity index (χ2v) is 4.37. The number of nitrogens with zero attached hydrogens (tertiary/aromatic N) is 3. The average Bonchev–Trinajstić information content (AvgIpc) is 2.56. The van der Waals surface area contributed by atoms with Crippen LogP contribution in [0, 0.1) is 18.3 Å². The molecule has 0 saturated carbocycles. The van der Waals surface area contributed by atoms with Gasteiger partial charge >= 0.3 is 0 Å². The lowest BCUT2D eigenvalue weighted by Crippen LogP contribution is -2.25. The Morgan fingerprint density at radius 3 is 2.50 bits per heavy atom. The Hall–Kier alpha value is -1.56. The second kappa shape index (κ2) is 4.98. The summed E-state index contributed by atoms with van der Waals surface area (Å²) in [6.45, 7) is 4.09. The molecule has 1 saturated heterocycles. The van der Waals surface area contributed by atoms with E-state index in [4.69, 9.17) is 5.26 Å². The molecule has 0 unspecified atom stereocenters. The minimum Gasteiger partial charge on any atom is -0.357 e. The number of rotatable bonds is 1. The van der Waals surface area contributed by atoms with E-state index >= 15 is 0 Å². The molecule has 3 nitrogen and oxygen atoms in total. The molecule has 0 spiro atoms. The number of aromatic nitrogens is 1. The van der Waals surface area contributed by atoms with Crippen LogP contribution < -0.4 is 4.90 Å². The van der Waals surface area contributed by atoms with Gasteiger partial charge < -0.3 is 4.90 Å². The molecule has 0 atom stereocenters. The number of nitriles is 1. The zero-order valence-electron chi connectivity index (χ0n) is 9.74. The van der Waals surface area contributed by atoms with Gasteiger partial charge in [-0.3, -0.25) is 0 Å². The third-order valence-corrected chi connectivity index (χ3v) is 3.00. The summed E-state index contributed by atoms with van der Waals surface area (Å²) >= 11 is 0. The highest BCUT2D eigenvalue weighted by atomic mass is 15.2. The first kappa shape index (κ1) is 10.9. The highest BCUT2D eigenvalue weighted by Gasteiger charge is 2.11. The smallest absolute Gasteiger partial charge is 0.130 e. The van der Waals surface area contributed by atoms with Crippen LogP contribution >= 0.6 is 0 Å². The van der Waals surface area contributed by atoms with Gasteiger partial charge in [-0.1, -0.05) is 12.8 Å². The number of anilines is 1. The van der Waals surface area contributed by atoms with E-state index in [0.717, 1.165) is 24.6 Å². The zero-order valence-corrected chi connectivity index (χ0v) is 9.74. The van der Waals surface area contributed by atoms with Gasteiger partial charge in [-0.05, 0) is 31.9 Å². The van der Waals surface area contributed by atoms with E-state index in [-0.39, 0.29) is 0 Å². The fraction of sp³-hybridized carbons (Fsp3) is 0.538. The summed E-state index contributed by atoms with van der Waals surface area (Å²) in [5, 5.41) is 8.94. The predicted octanol–water partition coefficient (Wildman–Crippen LogP) is 2.64. The van der Waals surface area contributed by atoms with E-state index in [0.29, 0.717) is 5.56 Å². The summed E-state index contributed by atoms with van der Waals surface area (Å²) in [6.07, 6.45) is 5.09. The summed E-state index contributed by atoms with van der Waals surface area (Å²) < 4.78 is 0. The minimum absolute atomic E-state index is 0.715. The maximum absolute atomic E-state index is 8.94. The summed E-state index contributed by atoms with van der Waals surface area (Å²) in [6, 6.07) is 5.93. The van der Waals surface area contributed by atoms with Gasteiger partial charge in [0.05, 0.1) is 11.6 Å². The summed E-state index contributed by atoms with van der Waals surface area (Å²) in [5.74, 6) is 0.971. The highest BCUT2D eigenvalue weighted by molar-refractivity contribution is 5.46.